The van der Waals surface area contributed by atoms with Crippen LogP contribution in [0, 0.1) is 11.3 Å². The number of benzene rings is 10. The summed E-state index contributed by atoms with van der Waals surface area (Å²) in [6, 6.07) is 80.3. The van der Waals surface area contributed by atoms with Crippen molar-refractivity contribution in [2.45, 2.75) is 0 Å². The fourth-order valence-electron chi connectivity index (χ4n) is 11.2. The van der Waals surface area contributed by atoms with E-state index in [4.69, 9.17) is 18.8 Å². The highest BCUT2D eigenvalue weighted by Gasteiger charge is 2.26. The van der Waals surface area contributed by atoms with Crippen molar-refractivity contribution in [1.29, 1.82) is 5.26 Å². The lowest BCUT2D eigenvalue weighted by Gasteiger charge is -2.14. The second kappa shape index (κ2) is 15.5. The topological polar surface area (TPSA) is 85.7 Å². The van der Waals surface area contributed by atoms with Crippen molar-refractivity contribution in [2.75, 3.05) is 0 Å². The quantitative estimate of drug-likeness (QED) is 0.166. The molecule has 0 radical (unpaired) electrons. The standard InChI is InChI=1S/C65H37N5O2/c66-38-50-62(39-16-4-1-5-17-39)67-65(68-63(50)40-18-6-2-7-19-40)47-30-32-55(61-46-24-12-15-27-57(46)72-64(47)61)70-52-31-28-41(42-29-35-58-48(36-42)44-22-11-14-26-56(44)71-58)37-49(52)60-54(70)34-33-53-59(60)45-23-10-13-25-51(45)69(53)43-20-8-3-9-21-43/h1-37H. The predicted molar refractivity (Wildman–Crippen MR) is 292 cm³/mol. The third-order valence-corrected chi connectivity index (χ3v) is 14.4. The molecule has 0 aliphatic heterocycles. The van der Waals surface area contributed by atoms with E-state index in [9.17, 15) is 5.26 Å². The molecular formula is C65H37N5O2. The molecule has 0 bridgehead atoms. The van der Waals surface area contributed by atoms with Crippen LogP contribution in [-0.2, 0) is 0 Å². The summed E-state index contributed by atoms with van der Waals surface area (Å²) in [6.07, 6.45) is 0. The molecule has 0 saturated carbocycles. The Morgan fingerprint density at radius 3 is 1.61 bits per heavy atom. The first kappa shape index (κ1) is 39.9. The molecule has 0 N–H and O–H groups in total. The Bertz CT molecular complexity index is 4690. The van der Waals surface area contributed by atoms with Crippen molar-refractivity contribution in [3.63, 3.8) is 0 Å². The van der Waals surface area contributed by atoms with Crippen LogP contribution < -0.4 is 0 Å². The van der Waals surface area contributed by atoms with Crippen LogP contribution in [0.15, 0.2) is 233 Å². The van der Waals surface area contributed by atoms with Gasteiger partial charge in [0.1, 0.15) is 34.0 Å². The lowest BCUT2D eigenvalue weighted by Crippen LogP contribution is -2.02. The Labute approximate surface area is 411 Å². The van der Waals surface area contributed by atoms with Crippen molar-refractivity contribution in [2.24, 2.45) is 0 Å². The summed E-state index contributed by atoms with van der Waals surface area (Å²) in [5.74, 6) is 0.465. The molecule has 0 unspecified atom stereocenters. The van der Waals surface area contributed by atoms with Gasteiger partial charge in [-0.15, -0.1) is 0 Å². The van der Waals surface area contributed by atoms with E-state index in [0.29, 0.717) is 28.4 Å². The highest BCUT2D eigenvalue weighted by Crippen LogP contribution is 2.47. The molecule has 334 valence electrons. The minimum Gasteiger partial charge on any atom is -0.456 e. The van der Waals surface area contributed by atoms with Gasteiger partial charge in [-0.1, -0.05) is 146 Å². The molecule has 72 heavy (non-hydrogen) atoms. The molecule has 0 atom stereocenters. The van der Waals surface area contributed by atoms with Crippen LogP contribution in [0.5, 0.6) is 0 Å². The van der Waals surface area contributed by atoms with Crippen molar-refractivity contribution in [3.05, 3.63) is 230 Å². The van der Waals surface area contributed by atoms with E-state index in [0.717, 1.165) is 110 Å². The number of aromatic nitrogens is 4. The Kier molecular flexibility index (Phi) is 8.59. The highest BCUT2D eigenvalue weighted by molar-refractivity contribution is 6.30. The zero-order valence-corrected chi connectivity index (χ0v) is 38.4. The zero-order valence-electron chi connectivity index (χ0n) is 38.4. The molecule has 0 fully saturated rings. The van der Waals surface area contributed by atoms with E-state index in [1.54, 1.807) is 0 Å². The van der Waals surface area contributed by atoms with Gasteiger partial charge in [0.2, 0.25) is 0 Å². The fraction of sp³-hybridized carbons (Fsp3) is 0. The van der Waals surface area contributed by atoms with Crippen LogP contribution in [-0.4, -0.2) is 19.1 Å². The van der Waals surface area contributed by atoms with Crippen molar-refractivity contribution in [3.8, 4) is 62.5 Å². The molecule has 5 aromatic heterocycles. The predicted octanol–water partition coefficient (Wildman–Crippen LogP) is 17.0. The summed E-state index contributed by atoms with van der Waals surface area (Å²) in [6.45, 7) is 0. The highest BCUT2D eigenvalue weighted by atomic mass is 16.3. The normalized spacial score (nSPS) is 11.9. The first-order chi connectivity index (χ1) is 35.7. The SMILES string of the molecule is N#Cc1c(-c2ccccc2)nc(-c2ccc(-n3c4ccc(-c5ccc6oc7ccccc7c6c5)cc4c4c5c6ccccc6n(-c6ccccc6)c5ccc43)c3c2oc2ccccc23)nc1-c1ccccc1. The van der Waals surface area contributed by atoms with E-state index in [1.807, 2.05) is 84.9 Å². The van der Waals surface area contributed by atoms with Crippen molar-refractivity contribution in [1.82, 2.24) is 19.1 Å². The molecule has 15 aromatic rings. The molecule has 0 aliphatic rings. The number of fused-ring (bicyclic) bond motifs is 13. The molecule has 5 heterocycles. The summed E-state index contributed by atoms with van der Waals surface area (Å²) in [4.78, 5) is 10.5. The first-order valence-electron chi connectivity index (χ1n) is 24.0. The smallest absolute Gasteiger partial charge is 0.164 e. The average molecular weight is 920 g/mol. The molecule has 15 rings (SSSR count). The molecule has 7 nitrogen and oxygen atoms in total. The van der Waals surface area contributed by atoms with Gasteiger partial charge < -0.3 is 18.0 Å². The summed E-state index contributed by atoms with van der Waals surface area (Å²) in [5, 5.41) is 19.5. The van der Waals surface area contributed by atoms with Crippen LogP contribution in [0.1, 0.15) is 5.56 Å². The van der Waals surface area contributed by atoms with Crippen molar-refractivity contribution < 1.29 is 8.83 Å². The monoisotopic (exact) mass is 919 g/mol. The van der Waals surface area contributed by atoms with Gasteiger partial charge >= 0.3 is 0 Å². The van der Waals surface area contributed by atoms with Crippen LogP contribution in [0.25, 0.3) is 144 Å². The number of hydrogen-bond donors (Lipinski definition) is 0. The molecule has 0 amide bonds. The van der Waals surface area contributed by atoms with Gasteiger partial charge in [-0.3, -0.25) is 0 Å². The largest absolute Gasteiger partial charge is 0.456 e. The van der Waals surface area contributed by atoms with Crippen LogP contribution in [0.2, 0.25) is 0 Å². The van der Waals surface area contributed by atoms with E-state index < -0.39 is 0 Å². The molecule has 7 heteroatoms. The second-order valence-corrected chi connectivity index (χ2v) is 18.3. The summed E-state index contributed by atoms with van der Waals surface area (Å²) >= 11 is 0. The van der Waals surface area contributed by atoms with Gasteiger partial charge in [0, 0.05) is 54.5 Å². The van der Waals surface area contributed by atoms with Gasteiger partial charge in [-0.25, -0.2) is 9.97 Å². The molecule has 0 saturated heterocycles. The molecule has 10 aromatic carbocycles. The number of nitriles is 1. The number of para-hydroxylation sites is 4. The van der Waals surface area contributed by atoms with E-state index in [2.05, 4.69) is 155 Å². The van der Waals surface area contributed by atoms with Gasteiger partial charge in [-0.05, 0) is 90.0 Å². The van der Waals surface area contributed by atoms with Gasteiger partial charge in [0.25, 0.3) is 0 Å². The Morgan fingerprint density at radius 1 is 0.375 bits per heavy atom. The summed E-state index contributed by atoms with van der Waals surface area (Å²) < 4.78 is 18.1. The first-order valence-corrected chi connectivity index (χ1v) is 24.0. The Balaban J connectivity index is 1.04. The number of rotatable bonds is 6. The fourth-order valence-corrected chi connectivity index (χ4v) is 11.2. The van der Waals surface area contributed by atoms with E-state index in [1.165, 1.54) is 10.8 Å². The second-order valence-electron chi connectivity index (χ2n) is 18.3. The van der Waals surface area contributed by atoms with E-state index >= 15 is 0 Å². The molecular weight excluding hydrogens is 883 g/mol. The van der Waals surface area contributed by atoms with Crippen LogP contribution in [0.4, 0.5) is 0 Å². The Hall–Kier alpha value is -10.0. The minimum atomic E-state index is 0.413. The average Bonchev–Trinajstić information content (AvgIpc) is 4.21. The Morgan fingerprint density at radius 2 is 0.903 bits per heavy atom. The van der Waals surface area contributed by atoms with Crippen LogP contribution in [0.3, 0.4) is 0 Å². The number of hydrogen-bond acceptors (Lipinski definition) is 5. The maximum Gasteiger partial charge on any atom is 0.164 e. The third-order valence-electron chi connectivity index (χ3n) is 14.4. The number of furan rings is 2. The van der Waals surface area contributed by atoms with Gasteiger partial charge in [0.05, 0.1) is 50.1 Å². The van der Waals surface area contributed by atoms with Crippen LogP contribution >= 0.6 is 0 Å². The summed E-state index contributed by atoms with van der Waals surface area (Å²) in [7, 11) is 0. The third kappa shape index (κ3) is 5.84. The van der Waals surface area contributed by atoms with Gasteiger partial charge in [-0.2, -0.15) is 5.26 Å². The summed E-state index contributed by atoms with van der Waals surface area (Å²) in [5.41, 5.74) is 15.7. The zero-order chi connectivity index (χ0) is 47.4. The van der Waals surface area contributed by atoms with E-state index in [-0.39, 0.29) is 0 Å². The molecule has 0 aliphatic carbocycles. The maximum atomic E-state index is 10.7. The minimum absolute atomic E-state index is 0.413. The van der Waals surface area contributed by atoms with Gasteiger partial charge in [0.15, 0.2) is 5.82 Å². The molecule has 0 spiro atoms. The lowest BCUT2D eigenvalue weighted by atomic mass is 9.99. The lowest BCUT2D eigenvalue weighted by molar-refractivity contribution is 0.668. The number of nitrogens with zero attached hydrogens (tertiary/aromatic N) is 5. The maximum absolute atomic E-state index is 10.7. The van der Waals surface area contributed by atoms with Crippen molar-refractivity contribution >= 4 is 87.5 Å².